The van der Waals surface area contributed by atoms with Crippen LogP contribution < -0.4 is 4.90 Å². The summed E-state index contributed by atoms with van der Waals surface area (Å²) in [7, 11) is 0. The molecule has 140 valence electrons. The number of nitrogens with zero attached hydrogens (tertiary/aromatic N) is 2. The third kappa shape index (κ3) is 4.23. The third-order valence-electron chi connectivity index (χ3n) is 5.07. The lowest BCUT2D eigenvalue weighted by molar-refractivity contribution is -0.151. The third-order valence-corrected chi connectivity index (χ3v) is 5.07. The molecule has 2 heterocycles. The topological polar surface area (TPSA) is 66.9 Å². The molecule has 2 aliphatic heterocycles. The molecule has 0 radical (unpaired) electrons. The molecule has 0 unspecified atom stereocenters. The van der Waals surface area contributed by atoms with Crippen molar-refractivity contribution >= 4 is 23.5 Å². The average molecular weight is 358 g/mol. The zero-order valence-electron chi connectivity index (χ0n) is 15.3. The number of carbonyl (C=O) groups excluding carboxylic acids is 3. The standard InChI is InChI=1S/C20H26N2O4/c1-2-26-20(25)16-5-3-11-21(14-16)19(24)13-15-7-9-17(10-8-15)22-12-4-6-18(22)23/h7-10,16H,2-6,11-14H2,1H3/t16-/m0/s1. The SMILES string of the molecule is CCOC(=O)[C@H]1CCCN(C(=O)Cc2ccc(N3CCCC3=O)cc2)C1. The van der Waals surface area contributed by atoms with Gasteiger partial charge >= 0.3 is 5.97 Å². The van der Waals surface area contributed by atoms with Crippen LogP contribution >= 0.6 is 0 Å². The molecule has 2 saturated heterocycles. The largest absolute Gasteiger partial charge is 0.466 e. The molecule has 2 amide bonds. The maximum atomic E-state index is 12.6. The van der Waals surface area contributed by atoms with E-state index in [4.69, 9.17) is 4.74 Å². The molecule has 6 nitrogen and oxygen atoms in total. The van der Waals surface area contributed by atoms with Gasteiger partial charge in [-0.2, -0.15) is 0 Å². The van der Waals surface area contributed by atoms with E-state index in [1.807, 2.05) is 24.3 Å². The predicted molar refractivity (Wildman–Crippen MR) is 97.7 cm³/mol. The van der Waals surface area contributed by atoms with Crippen molar-refractivity contribution in [2.45, 2.75) is 39.0 Å². The Morgan fingerprint density at radius 2 is 1.92 bits per heavy atom. The number of amides is 2. The predicted octanol–water partition coefficient (Wildman–Crippen LogP) is 2.16. The highest BCUT2D eigenvalue weighted by atomic mass is 16.5. The van der Waals surface area contributed by atoms with Crippen LogP contribution in [-0.2, 0) is 25.5 Å². The first kappa shape index (κ1) is 18.4. The fraction of sp³-hybridized carbons (Fsp3) is 0.550. The average Bonchev–Trinajstić information content (AvgIpc) is 3.08. The highest BCUT2D eigenvalue weighted by Crippen LogP contribution is 2.23. The second-order valence-corrected chi connectivity index (χ2v) is 6.92. The lowest BCUT2D eigenvalue weighted by Gasteiger charge is -2.31. The van der Waals surface area contributed by atoms with Crippen LogP contribution in [0.5, 0.6) is 0 Å². The maximum absolute atomic E-state index is 12.6. The number of hydrogen-bond donors (Lipinski definition) is 0. The van der Waals surface area contributed by atoms with Crippen molar-refractivity contribution in [1.29, 1.82) is 0 Å². The molecule has 0 saturated carbocycles. The van der Waals surface area contributed by atoms with Gasteiger partial charge in [-0.3, -0.25) is 14.4 Å². The van der Waals surface area contributed by atoms with Crippen molar-refractivity contribution in [2.24, 2.45) is 5.92 Å². The highest BCUT2D eigenvalue weighted by molar-refractivity contribution is 5.95. The van der Waals surface area contributed by atoms with Crippen LogP contribution in [0.15, 0.2) is 24.3 Å². The summed E-state index contributed by atoms with van der Waals surface area (Å²) < 4.78 is 5.09. The highest BCUT2D eigenvalue weighted by Gasteiger charge is 2.29. The van der Waals surface area contributed by atoms with E-state index in [0.717, 1.165) is 37.1 Å². The molecule has 6 heteroatoms. The minimum atomic E-state index is -0.212. The minimum absolute atomic E-state index is 0.0315. The Labute approximate surface area is 154 Å². The van der Waals surface area contributed by atoms with Gasteiger partial charge in [0.1, 0.15) is 0 Å². The molecule has 2 fully saturated rings. The molecule has 0 spiro atoms. The summed E-state index contributed by atoms with van der Waals surface area (Å²) in [5, 5.41) is 0. The van der Waals surface area contributed by atoms with Crippen molar-refractivity contribution < 1.29 is 19.1 Å². The molecule has 0 aromatic heterocycles. The summed E-state index contributed by atoms with van der Waals surface area (Å²) in [5.41, 5.74) is 1.81. The van der Waals surface area contributed by atoms with Crippen molar-refractivity contribution in [3.05, 3.63) is 29.8 Å². The quantitative estimate of drug-likeness (QED) is 0.757. The van der Waals surface area contributed by atoms with Crippen molar-refractivity contribution in [3.63, 3.8) is 0 Å². The first-order chi connectivity index (χ1) is 12.6. The van der Waals surface area contributed by atoms with Gasteiger partial charge in [-0.05, 0) is 43.9 Å². The number of benzene rings is 1. The number of likely N-dealkylation sites (tertiary alicyclic amines) is 1. The molecular weight excluding hydrogens is 332 g/mol. The van der Waals surface area contributed by atoms with Gasteiger partial charge in [-0.1, -0.05) is 12.1 Å². The normalized spacial score (nSPS) is 20.3. The second-order valence-electron chi connectivity index (χ2n) is 6.92. The van der Waals surface area contributed by atoms with E-state index >= 15 is 0 Å². The number of anilines is 1. The molecule has 26 heavy (non-hydrogen) atoms. The first-order valence-corrected chi connectivity index (χ1v) is 9.42. The van der Waals surface area contributed by atoms with Gasteiger partial charge in [0.25, 0.3) is 0 Å². The minimum Gasteiger partial charge on any atom is -0.466 e. The fourth-order valence-corrected chi connectivity index (χ4v) is 3.66. The number of esters is 1. The summed E-state index contributed by atoms with van der Waals surface area (Å²) in [6, 6.07) is 7.63. The molecule has 3 rings (SSSR count). The summed E-state index contributed by atoms with van der Waals surface area (Å²) in [4.78, 5) is 39.9. The number of carbonyl (C=O) groups is 3. The van der Waals surface area contributed by atoms with E-state index in [1.165, 1.54) is 0 Å². The number of ether oxygens (including phenoxy) is 1. The number of hydrogen-bond acceptors (Lipinski definition) is 4. The Kier molecular flexibility index (Phi) is 5.91. The van der Waals surface area contributed by atoms with Crippen LogP contribution in [0.25, 0.3) is 0 Å². The van der Waals surface area contributed by atoms with Crippen LogP contribution in [0.1, 0.15) is 38.2 Å². The van der Waals surface area contributed by atoms with Crippen molar-refractivity contribution in [2.75, 3.05) is 31.1 Å². The summed E-state index contributed by atoms with van der Waals surface area (Å²) >= 11 is 0. The van der Waals surface area contributed by atoms with E-state index < -0.39 is 0 Å². The summed E-state index contributed by atoms with van der Waals surface area (Å²) in [5.74, 6) is -0.225. The molecule has 0 aliphatic carbocycles. The monoisotopic (exact) mass is 358 g/mol. The molecule has 2 aliphatic rings. The van der Waals surface area contributed by atoms with E-state index in [9.17, 15) is 14.4 Å². The lowest BCUT2D eigenvalue weighted by atomic mass is 9.97. The van der Waals surface area contributed by atoms with Crippen LogP contribution in [0, 0.1) is 5.92 Å². The van der Waals surface area contributed by atoms with Crippen LogP contribution in [0.4, 0.5) is 5.69 Å². The molecule has 0 bridgehead atoms. The molecule has 1 aromatic rings. The Hall–Kier alpha value is -2.37. The Bertz CT molecular complexity index is 671. The molecule has 1 atom stereocenters. The fourth-order valence-electron chi connectivity index (χ4n) is 3.66. The van der Waals surface area contributed by atoms with Gasteiger partial charge in [-0.25, -0.2) is 0 Å². The van der Waals surface area contributed by atoms with Crippen molar-refractivity contribution in [3.8, 4) is 0 Å². The smallest absolute Gasteiger partial charge is 0.310 e. The zero-order chi connectivity index (χ0) is 18.5. The Balaban J connectivity index is 1.57. The lowest BCUT2D eigenvalue weighted by Crippen LogP contribution is -2.43. The van der Waals surface area contributed by atoms with Gasteiger partial charge < -0.3 is 14.5 Å². The summed E-state index contributed by atoms with van der Waals surface area (Å²) in [6.07, 6.45) is 3.42. The Morgan fingerprint density at radius 3 is 2.58 bits per heavy atom. The van der Waals surface area contributed by atoms with Gasteiger partial charge in [0.15, 0.2) is 0 Å². The van der Waals surface area contributed by atoms with Crippen LogP contribution in [0.3, 0.4) is 0 Å². The number of piperidine rings is 1. The van der Waals surface area contributed by atoms with Gasteiger partial charge in [0, 0.05) is 31.7 Å². The van der Waals surface area contributed by atoms with E-state index in [1.54, 1.807) is 16.7 Å². The maximum Gasteiger partial charge on any atom is 0.310 e. The number of rotatable bonds is 5. The van der Waals surface area contributed by atoms with Gasteiger partial charge in [-0.15, -0.1) is 0 Å². The zero-order valence-corrected chi connectivity index (χ0v) is 15.3. The summed E-state index contributed by atoms with van der Waals surface area (Å²) in [6.45, 7) is 4.06. The van der Waals surface area contributed by atoms with E-state index in [0.29, 0.717) is 32.5 Å². The van der Waals surface area contributed by atoms with Crippen molar-refractivity contribution in [1.82, 2.24) is 4.90 Å². The Morgan fingerprint density at radius 1 is 1.15 bits per heavy atom. The van der Waals surface area contributed by atoms with E-state index in [-0.39, 0.29) is 23.7 Å². The van der Waals surface area contributed by atoms with E-state index in [2.05, 4.69) is 0 Å². The van der Waals surface area contributed by atoms with Crippen LogP contribution in [-0.4, -0.2) is 48.9 Å². The molecule has 0 N–H and O–H groups in total. The second kappa shape index (κ2) is 8.34. The van der Waals surface area contributed by atoms with Gasteiger partial charge in [0.05, 0.1) is 18.9 Å². The molecular formula is C20H26N2O4. The van der Waals surface area contributed by atoms with Gasteiger partial charge in [0.2, 0.25) is 11.8 Å². The molecule has 1 aromatic carbocycles. The van der Waals surface area contributed by atoms with Crippen LogP contribution in [0.2, 0.25) is 0 Å². The first-order valence-electron chi connectivity index (χ1n) is 9.42.